The molecule has 0 spiro atoms. The molecular weight excluding hydrogens is 272 g/mol. The number of fused-ring (bicyclic) bond motifs is 1. The molecule has 0 radical (unpaired) electrons. The molecule has 0 saturated heterocycles. The van der Waals surface area contributed by atoms with Crippen molar-refractivity contribution >= 4 is 22.3 Å². The van der Waals surface area contributed by atoms with Crippen molar-refractivity contribution < 1.29 is 10.0 Å². The van der Waals surface area contributed by atoms with Gasteiger partial charge in [0, 0.05) is 43.0 Å². The number of aliphatic hydroxyl groups excluding tert-OH is 1. The van der Waals surface area contributed by atoms with E-state index in [9.17, 15) is 10.1 Å². The summed E-state index contributed by atoms with van der Waals surface area (Å²) >= 11 is 0. The molecule has 0 aliphatic carbocycles. The molecule has 1 aromatic heterocycles. The summed E-state index contributed by atoms with van der Waals surface area (Å²) < 4.78 is 0. The number of nitro benzene ring substituents is 1. The molecule has 0 bridgehead atoms. The average molecular weight is 290 g/mol. The van der Waals surface area contributed by atoms with Gasteiger partial charge in [0.05, 0.1) is 11.0 Å². The monoisotopic (exact) mass is 290 g/mol. The zero-order valence-electron chi connectivity index (χ0n) is 11.7. The minimum atomic E-state index is -0.427. The van der Waals surface area contributed by atoms with E-state index in [0.717, 1.165) is 11.1 Å². The number of hydrogen-bond donors (Lipinski definition) is 3. The molecule has 2 rings (SSSR count). The van der Waals surface area contributed by atoms with Crippen molar-refractivity contribution in [2.45, 2.75) is 13.0 Å². The summed E-state index contributed by atoms with van der Waals surface area (Å²) in [5.41, 5.74) is 1.19. The van der Waals surface area contributed by atoms with Gasteiger partial charge in [-0.05, 0) is 25.1 Å². The van der Waals surface area contributed by atoms with Crippen LogP contribution in [-0.4, -0.2) is 40.8 Å². The number of rotatable bonds is 7. The van der Waals surface area contributed by atoms with Gasteiger partial charge in [-0.3, -0.25) is 10.1 Å². The van der Waals surface area contributed by atoms with E-state index in [-0.39, 0.29) is 11.8 Å². The van der Waals surface area contributed by atoms with Crippen molar-refractivity contribution in [2.75, 3.05) is 25.0 Å². The van der Waals surface area contributed by atoms with Crippen LogP contribution in [0.5, 0.6) is 0 Å². The summed E-state index contributed by atoms with van der Waals surface area (Å²) in [4.78, 5) is 14.7. The Morgan fingerprint density at radius 1 is 1.38 bits per heavy atom. The second kappa shape index (κ2) is 6.96. The first-order valence-electron chi connectivity index (χ1n) is 6.74. The van der Waals surface area contributed by atoms with Crippen LogP contribution in [0.4, 0.5) is 11.4 Å². The van der Waals surface area contributed by atoms with E-state index in [0.29, 0.717) is 25.2 Å². The molecule has 112 valence electrons. The second-order valence-electron chi connectivity index (χ2n) is 4.77. The molecule has 0 amide bonds. The highest BCUT2D eigenvalue weighted by Gasteiger charge is 2.14. The molecule has 0 saturated carbocycles. The summed E-state index contributed by atoms with van der Waals surface area (Å²) in [5.74, 6) is 0. The lowest BCUT2D eigenvalue weighted by Crippen LogP contribution is -2.28. The molecule has 0 aliphatic heterocycles. The molecule has 7 heteroatoms. The Kier molecular flexibility index (Phi) is 5.02. The summed E-state index contributed by atoms with van der Waals surface area (Å²) in [5, 5.41) is 27.2. The van der Waals surface area contributed by atoms with Crippen LogP contribution in [-0.2, 0) is 0 Å². The van der Waals surface area contributed by atoms with Gasteiger partial charge in [-0.15, -0.1) is 0 Å². The lowest BCUT2D eigenvalue weighted by atomic mass is 10.1. The SMILES string of the molecule is CC(O)CNCCNc1ccc([N+](=O)[O-])c2ncccc12. The molecule has 21 heavy (non-hydrogen) atoms. The van der Waals surface area contributed by atoms with Gasteiger partial charge in [-0.25, -0.2) is 4.98 Å². The Morgan fingerprint density at radius 3 is 2.90 bits per heavy atom. The van der Waals surface area contributed by atoms with Crippen LogP contribution < -0.4 is 10.6 Å². The number of aliphatic hydroxyl groups is 1. The quantitative estimate of drug-likeness (QED) is 0.406. The summed E-state index contributed by atoms with van der Waals surface area (Å²) in [6.07, 6.45) is 1.16. The Balaban J connectivity index is 2.11. The zero-order valence-corrected chi connectivity index (χ0v) is 11.7. The van der Waals surface area contributed by atoms with Crippen LogP contribution >= 0.6 is 0 Å². The first-order valence-corrected chi connectivity index (χ1v) is 6.74. The van der Waals surface area contributed by atoms with Gasteiger partial charge in [-0.2, -0.15) is 0 Å². The molecular formula is C14H18N4O3. The van der Waals surface area contributed by atoms with Gasteiger partial charge in [0.2, 0.25) is 0 Å². The fraction of sp³-hybridized carbons (Fsp3) is 0.357. The fourth-order valence-electron chi connectivity index (χ4n) is 2.06. The number of hydrogen-bond acceptors (Lipinski definition) is 6. The van der Waals surface area contributed by atoms with E-state index in [1.807, 2.05) is 0 Å². The fourth-order valence-corrected chi connectivity index (χ4v) is 2.06. The van der Waals surface area contributed by atoms with Gasteiger partial charge in [0.15, 0.2) is 0 Å². The van der Waals surface area contributed by atoms with Crippen LogP contribution in [0, 0.1) is 10.1 Å². The van der Waals surface area contributed by atoms with E-state index in [2.05, 4.69) is 15.6 Å². The Bertz CT molecular complexity index is 631. The Hall–Kier alpha value is -2.25. The molecule has 1 atom stereocenters. The Morgan fingerprint density at radius 2 is 2.19 bits per heavy atom. The summed E-state index contributed by atoms with van der Waals surface area (Å²) in [6.45, 7) is 3.58. The zero-order chi connectivity index (χ0) is 15.2. The van der Waals surface area contributed by atoms with Crippen LogP contribution in [0.25, 0.3) is 10.9 Å². The lowest BCUT2D eigenvalue weighted by Gasteiger charge is -2.11. The third kappa shape index (κ3) is 3.87. The van der Waals surface area contributed by atoms with E-state index < -0.39 is 4.92 Å². The molecule has 3 N–H and O–H groups in total. The Labute approximate surface area is 122 Å². The van der Waals surface area contributed by atoms with Gasteiger partial charge < -0.3 is 15.7 Å². The van der Waals surface area contributed by atoms with Crippen molar-refractivity contribution in [3.05, 3.63) is 40.6 Å². The second-order valence-corrected chi connectivity index (χ2v) is 4.77. The standard InChI is InChI=1S/C14H18N4O3/c1-10(19)9-15-7-8-16-12-4-5-13(18(20)21)14-11(12)3-2-6-17-14/h2-6,10,15-16,19H,7-9H2,1H3. The molecule has 1 aromatic carbocycles. The number of aromatic nitrogens is 1. The topological polar surface area (TPSA) is 100 Å². The number of benzene rings is 1. The average Bonchev–Trinajstić information content (AvgIpc) is 2.46. The molecule has 2 aromatic rings. The van der Waals surface area contributed by atoms with Crippen molar-refractivity contribution in [1.29, 1.82) is 0 Å². The molecule has 0 fully saturated rings. The number of nitro groups is 1. The van der Waals surface area contributed by atoms with Gasteiger partial charge in [-0.1, -0.05) is 0 Å². The predicted molar refractivity (Wildman–Crippen MR) is 81.4 cm³/mol. The minimum absolute atomic E-state index is 0.00313. The first-order chi connectivity index (χ1) is 10.1. The molecule has 1 unspecified atom stereocenters. The van der Waals surface area contributed by atoms with Crippen LogP contribution in [0.2, 0.25) is 0 Å². The maximum absolute atomic E-state index is 11.0. The number of anilines is 1. The van der Waals surface area contributed by atoms with E-state index in [1.165, 1.54) is 6.07 Å². The normalized spacial score (nSPS) is 12.3. The number of nitrogens with one attached hydrogen (secondary N) is 2. The highest BCUT2D eigenvalue weighted by molar-refractivity contribution is 5.96. The van der Waals surface area contributed by atoms with Crippen LogP contribution in [0.1, 0.15) is 6.92 Å². The van der Waals surface area contributed by atoms with E-state index in [4.69, 9.17) is 5.11 Å². The summed E-state index contributed by atoms with van der Waals surface area (Å²) in [6, 6.07) is 6.71. The first kappa shape index (κ1) is 15.1. The predicted octanol–water partition coefficient (Wildman–Crippen LogP) is 1.53. The lowest BCUT2D eigenvalue weighted by molar-refractivity contribution is -0.383. The molecule has 7 nitrogen and oxygen atoms in total. The number of nitrogens with zero attached hydrogens (tertiary/aromatic N) is 2. The number of non-ortho nitro benzene ring substituents is 1. The van der Waals surface area contributed by atoms with Crippen molar-refractivity contribution in [3.8, 4) is 0 Å². The largest absolute Gasteiger partial charge is 0.392 e. The maximum Gasteiger partial charge on any atom is 0.295 e. The molecule has 1 heterocycles. The third-order valence-corrected chi connectivity index (χ3v) is 3.00. The highest BCUT2D eigenvalue weighted by atomic mass is 16.6. The van der Waals surface area contributed by atoms with Crippen molar-refractivity contribution in [1.82, 2.24) is 10.3 Å². The summed E-state index contributed by atoms with van der Waals surface area (Å²) in [7, 11) is 0. The molecule has 0 aliphatic rings. The van der Waals surface area contributed by atoms with E-state index in [1.54, 1.807) is 31.3 Å². The van der Waals surface area contributed by atoms with Crippen molar-refractivity contribution in [3.63, 3.8) is 0 Å². The van der Waals surface area contributed by atoms with Gasteiger partial charge in [0.1, 0.15) is 5.52 Å². The smallest absolute Gasteiger partial charge is 0.295 e. The maximum atomic E-state index is 11.0. The third-order valence-electron chi connectivity index (χ3n) is 3.00. The number of pyridine rings is 1. The van der Waals surface area contributed by atoms with Crippen LogP contribution in [0.3, 0.4) is 0 Å². The minimum Gasteiger partial charge on any atom is -0.392 e. The highest BCUT2D eigenvalue weighted by Crippen LogP contribution is 2.29. The van der Waals surface area contributed by atoms with Crippen LogP contribution in [0.15, 0.2) is 30.5 Å². The van der Waals surface area contributed by atoms with Gasteiger partial charge >= 0.3 is 0 Å². The van der Waals surface area contributed by atoms with E-state index >= 15 is 0 Å². The van der Waals surface area contributed by atoms with Gasteiger partial charge in [0.25, 0.3) is 5.69 Å². The van der Waals surface area contributed by atoms with Crippen molar-refractivity contribution in [2.24, 2.45) is 0 Å².